The zero-order chi connectivity index (χ0) is 14.5. The lowest BCUT2D eigenvalue weighted by molar-refractivity contribution is 0.199. The molecular formula is C15H14BrClO2S. The quantitative estimate of drug-likeness (QED) is 0.753. The first-order valence-electron chi connectivity index (χ1n) is 6.00. The molecule has 0 aromatic heterocycles. The smallest absolute Gasteiger partial charge is 0.124 e. The van der Waals surface area contributed by atoms with E-state index in [9.17, 15) is 5.11 Å². The van der Waals surface area contributed by atoms with E-state index in [4.69, 9.17) is 16.3 Å². The molecular weight excluding hydrogens is 360 g/mol. The first kappa shape index (κ1) is 15.7. The summed E-state index contributed by atoms with van der Waals surface area (Å²) in [5, 5.41) is 10.9. The summed E-state index contributed by atoms with van der Waals surface area (Å²) in [6.45, 7) is 0. The van der Waals surface area contributed by atoms with Gasteiger partial charge in [-0.1, -0.05) is 33.6 Å². The number of rotatable bonds is 5. The Balaban J connectivity index is 2.08. The molecule has 0 heterocycles. The predicted octanol–water partition coefficient (Wildman–Crippen LogP) is 4.94. The zero-order valence-electron chi connectivity index (χ0n) is 10.8. The standard InChI is InChI=1S/C15H14BrClO2S/c1-19-15-6-5-11(17)8-13(15)14(18)9-20-12-4-2-3-10(16)7-12/h2-8,14,18H,9H2,1H3. The van der Waals surface area contributed by atoms with E-state index in [0.717, 1.165) is 9.37 Å². The van der Waals surface area contributed by atoms with Crippen molar-refractivity contribution in [2.24, 2.45) is 0 Å². The Hall–Kier alpha value is -0.680. The van der Waals surface area contributed by atoms with Gasteiger partial charge >= 0.3 is 0 Å². The Bertz CT molecular complexity index is 592. The van der Waals surface area contributed by atoms with Crippen LogP contribution >= 0.6 is 39.3 Å². The van der Waals surface area contributed by atoms with Gasteiger partial charge in [-0.05, 0) is 36.4 Å². The number of thioether (sulfide) groups is 1. The van der Waals surface area contributed by atoms with Gasteiger partial charge < -0.3 is 9.84 Å². The molecule has 0 bridgehead atoms. The molecule has 0 aliphatic carbocycles. The fourth-order valence-corrected chi connectivity index (χ4v) is 3.43. The number of benzene rings is 2. The minimum atomic E-state index is -0.632. The van der Waals surface area contributed by atoms with E-state index in [1.807, 2.05) is 24.3 Å². The average molecular weight is 374 g/mol. The van der Waals surface area contributed by atoms with Gasteiger partial charge in [0, 0.05) is 25.7 Å². The molecule has 20 heavy (non-hydrogen) atoms. The van der Waals surface area contributed by atoms with E-state index in [0.29, 0.717) is 22.1 Å². The Morgan fingerprint density at radius 2 is 2.10 bits per heavy atom. The molecule has 2 nitrogen and oxygen atoms in total. The van der Waals surface area contributed by atoms with Crippen LogP contribution in [0.15, 0.2) is 51.8 Å². The van der Waals surface area contributed by atoms with Gasteiger partial charge in [-0.3, -0.25) is 0 Å². The van der Waals surface area contributed by atoms with Crippen molar-refractivity contribution in [3.8, 4) is 5.75 Å². The molecule has 0 spiro atoms. The third-order valence-corrected chi connectivity index (χ3v) is 4.55. The van der Waals surface area contributed by atoms with Gasteiger partial charge in [-0.15, -0.1) is 11.8 Å². The molecule has 0 amide bonds. The molecule has 1 N–H and O–H groups in total. The molecule has 1 atom stereocenters. The minimum absolute atomic E-state index is 0.535. The summed E-state index contributed by atoms with van der Waals surface area (Å²) in [5.74, 6) is 1.18. The van der Waals surface area contributed by atoms with Crippen molar-refractivity contribution in [1.29, 1.82) is 0 Å². The molecule has 1 unspecified atom stereocenters. The highest BCUT2D eigenvalue weighted by Gasteiger charge is 2.14. The summed E-state index contributed by atoms with van der Waals surface area (Å²) in [4.78, 5) is 1.10. The van der Waals surface area contributed by atoms with Gasteiger partial charge in [-0.25, -0.2) is 0 Å². The van der Waals surface area contributed by atoms with Crippen LogP contribution < -0.4 is 4.74 Å². The van der Waals surface area contributed by atoms with E-state index in [-0.39, 0.29) is 0 Å². The normalized spacial score (nSPS) is 12.2. The summed E-state index contributed by atoms with van der Waals surface area (Å²) in [5.41, 5.74) is 0.711. The van der Waals surface area contributed by atoms with Crippen LogP contribution in [0.25, 0.3) is 0 Å². The minimum Gasteiger partial charge on any atom is -0.496 e. The molecule has 0 fully saturated rings. The van der Waals surface area contributed by atoms with E-state index < -0.39 is 6.10 Å². The fourth-order valence-electron chi connectivity index (χ4n) is 1.79. The lowest BCUT2D eigenvalue weighted by Crippen LogP contribution is -2.03. The highest BCUT2D eigenvalue weighted by Crippen LogP contribution is 2.32. The van der Waals surface area contributed by atoms with E-state index in [2.05, 4.69) is 15.9 Å². The van der Waals surface area contributed by atoms with Gasteiger partial charge in [0.25, 0.3) is 0 Å². The van der Waals surface area contributed by atoms with E-state index >= 15 is 0 Å². The second-order valence-electron chi connectivity index (χ2n) is 4.17. The molecule has 0 aliphatic rings. The summed E-state index contributed by atoms with van der Waals surface area (Å²) >= 11 is 11.0. The molecule has 0 aliphatic heterocycles. The maximum absolute atomic E-state index is 10.3. The number of ether oxygens (including phenoxy) is 1. The number of methoxy groups -OCH3 is 1. The summed E-state index contributed by atoms with van der Waals surface area (Å²) < 4.78 is 6.28. The maximum Gasteiger partial charge on any atom is 0.124 e. The van der Waals surface area contributed by atoms with Crippen LogP contribution in [0.1, 0.15) is 11.7 Å². The molecule has 106 valence electrons. The van der Waals surface area contributed by atoms with Crippen LogP contribution in [-0.2, 0) is 0 Å². The summed E-state index contributed by atoms with van der Waals surface area (Å²) in [6, 6.07) is 13.2. The van der Waals surface area contributed by atoms with Crippen LogP contribution in [0.5, 0.6) is 5.75 Å². The van der Waals surface area contributed by atoms with Gasteiger partial charge in [-0.2, -0.15) is 0 Å². The lowest BCUT2D eigenvalue weighted by atomic mass is 10.1. The monoisotopic (exact) mass is 372 g/mol. The number of hydrogen-bond donors (Lipinski definition) is 1. The van der Waals surface area contributed by atoms with Crippen molar-refractivity contribution in [3.63, 3.8) is 0 Å². The molecule has 2 aromatic rings. The van der Waals surface area contributed by atoms with E-state index in [1.165, 1.54) is 0 Å². The van der Waals surface area contributed by atoms with Crippen LogP contribution in [0.3, 0.4) is 0 Å². The molecule has 0 saturated carbocycles. The predicted molar refractivity (Wildman–Crippen MR) is 87.8 cm³/mol. The Morgan fingerprint density at radius 3 is 2.80 bits per heavy atom. The maximum atomic E-state index is 10.3. The largest absolute Gasteiger partial charge is 0.496 e. The van der Waals surface area contributed by atoms with Crippen molar-refractivity contribution in [1.82, 2.24) is 0 Å². The lowest BCUT2D eigenvalue weighted by Gasteiger charge is -2.15. The number of halogens is 2. The highest BCUT2D eigenvalue weighted by molar-refractivity contribution is 9.10. The highest BCUT2D eigenvalue weighted by atomic mass is 79.9. The Labute approximate surface area is 136 Å². The first-order chi connectivity index (χ1) is 9.60. The molecule has 2 aromatic carbocycles. The molecule has 0 saturated heterocycles. The number of hydrogen-bond acceptors (Lipinski definition) is 3. The Kier molecular flexibility index (Phi) is 5.78. The van der Waals surface area contributed by atoms with Crippen molar-refractivity contribution in [2.45, 2.75) is 11.0 Å². The van der Waals surface area contributed by atoms with Crippen molar-refractivity contribution < 1.29 is 9.84 Å². The SMILES string of the molecule is COc1ccc(Cl)cc1C(O)CSc1cccc(Br)c1. The number of aliphatic hydroxyl groups is 1. The van der Waals surface area contributed by atoms with Crippen molar-refractivity contribution in [2.75, 3.05) is 12.9 Å². The van der Waals surface area contributed by atoms with Gasteiger partial charge in [0.15, 0.2) is 0 Å². The summed E-state index contributed by atoms with van der Waals surface area (Å²) in [6.07, 6.45) is -0.632. The van der Waals surface area contributed by atoms with Crippen LogP contribution in [0, 0.1) is 0 Å². The van der Waals surface area contributed by atoms with Crippen LogP contribution in [0.2, 0.25) is 5.02 Å². The second kappa shape index (κ2) is 7.36. The van der Waals surface area contributed by atoms with Crippen molar-refractivity contribution >= 4 is 39.3 Å². The summed E-state index contributed by atoms with van der Waals surface area (Å²) in [7, 11) is 1.58. The second-order valence-corrected chi connectivity index (χ2v) is 6.62. The third kappa shape index (κ3) is 4.16. The topological polar surface area (TPSA) is 29.5 Å². The van der Waals surface area contributed by atoms with Crippen LogP contribution in [-0.4, -0.2) is 18.0 Å². The first-order valence-corrected chi connectivity index (χ1v) is 8.15. The zero-order valence-corrected chi connectivity index (χ0v) is 14.0. The fraction of sp³-hybridized carbons (Fsp3) is 0.200. The van der Waals surface area contributed by atoms with Crippen molar-refractivity contribution in [3.05, 3.63) is 57.5 Å². The Morgan fingerprint density at radius 1 is 1.30 bits per heavy atom. The molecule has 0 radical (unpaired) electrons. The van der Waals surface area contributed by atoms with E-state index in [1.54, 1.807) is 37.1 Å². The van der Waals surface area contributed by atoms with Gasteiger partial charge in [0.05, 0.1) is 13.2 Å². The molecule has 2 rings (SSSR count). The third-order valence-electron chi connectivity index (χ3n) is 2.75. The van der Waals surface area contributed by atoms with Crippen LogP contribution in [0.4, 0.5) is 0 Å². The van der Waals surface area contributed by atoms with Gasteiger partial charge in [0.2, 0.25) is 0 Å². The number of aliphatic hydroxyl groups excluding tert-OH is 1. The average Bonchev–Trinajstić information content (AvgIpc) is 2.45. The van der Waals surface area contributed by atoms with Gasteiger partial charge in [0.1, 0.15) is 5.75 Å². The molecule has 5 heteroatoms.